The van der Waals surface area contributed by atoms with Gasteiger partial charge in [-0.15, -0.1) is 0 Å². The van der Waals surface area contributed by atoms with E-state index in [0.717, 1.165) is 12.1 Å². The highest BCUT2D eigenvalue weighted by molar-refractivity contribution is 5.82. The second-order valence-corrected chi connectivity index (χ2v) is 6.75. The van der Waals surface area contributed by atoms with Crippen LogP contribution in [0.15, 0.2) is 30.3 Å². The number of ketones is 1. The van der Waals surface area contributed by atoms with Gasteiger partial charge in [0.05, 0.1) is 5.56 Å². The number of Topliss-reactive ketones (excluding diaryl/α,β-unsaturated/α-hetero) is 1. The molecule has 1 aromatic carbocycles. The molecule has 1 aliphatic heterocycles. The van der Waals surface area contributed by atoms with Gasteiger partial charge < -0.3 is 0 Å². The van der Waals surface area contributed by atoms with Crippen molar-refractivity contribution in [1.82, 2.24) is 0 Å². The van der Waals surface area contributed by atoms with Crippen LogP contribution in [0.5, 0.6) is 0 Å². The van der Waals surface area contributed by atoms with Crippen LogP contribution in [-0.2, 0) is 20.7 Å². The largest absolute Gasteiger partial charge is 0.416 e. The van der Waals surface area contributed by atoms with E-state index >= 15 is 0 Å². The maximum absolute atomic E-state index is 12.8. The Kier molecular flexibility index (Phi) is 4.30. The van der Waals surface area contributed by atoms with Crippen molar-refractivity contribution in [3.63, 3.8) is 0 Å². The van der Waals surface area contributed by atoms with E-state index in [1.54, 1.807) is 25.1 Å². The number of carbonyl (C=O) groups excluding carboxylic acids is 1. The van der Waals surface area contributed by atoms with Crippen molar-refractivity contribution < 1.29 is 27.7 Å². The summed E-state index contributed by atoms with van der Waals surface area (Å²) in [6.07, 6.45) is -0.252. The fraction of sp³-hybridized carbons (Fsp3) is 0.500. The quantitative estimate of drug-likeness (QED) is 0.748. The van der Waals surface area contributed by atoms with Gasteiger partial charge >= 0.3 is 6.18 Å². The molecule has 6 heteroatoms. The summed E-state index contributed by atoms with van der Waals surface area (Å²) in [6.45, 7) is 3.62. The summed E-state index contributed by atoms with van der Waals surface area (Å²) >= 11 is 0. The van der Waals surface area contributed by atoms with Gasteiger partial charge in [-0.2, -0.15) is 13.2 Å². The molecule has 2 bridgehead atoms. The molecule has 3 rings (SSSR count). The van der Waals surface area contributed by atoms with Crippen LogP contribution < -0.4 is 0 Å². The van der Waals surface area contributed by atoms with Gasteiger partial charge in [-0.25, -0.2) is 9.78 Å². The fourth-order valence-electron chi connectivity index (χ4n) is 3.24. The molecule has 0 N–H and O–H groups in total. The third-order valence-electron chi connectivity index (χ3n) is 5.01. The number of hydrogen-bond donors (Lipinski definition) is 0. The fourth-order valence-corrected chi connectivity index (χ4v) is 3.24. The monoisotopic (exact) mass is 340 g/mol. The van der Waals surface area contributed by atoms with Crippen molar-refractivity contribution in [3.8, 4) is 0 Å². The lowest BCUT2D eigenvalue weighted by Gasteiger charge is -2.45. The lowest BCUT2D eigenvalue weighted by atomic mass is 9.71. The van der Waals surface area contributed by atoms with Gasteiger partial charge in [0, 0.05) is 18.3 Å². The second-order valence-electron chi connectivity index (χ2n) is 6.75. The van der Waals surface area contributed by atoms with Crippen molar-refractivity contribution in [3.05, 3.63) is 41.5 Å². The third kappa shape index (κ3) is 3.26. The minimum atomic E-state index is -4.38. The zero-order chi connectivity index (χ0) is 17.5. The van der Waals surface area contributed by atoms with Gasteiger partial charge in [0.25, 0.3) is 0 Å². The Morgan fingerprint density at radius 2 is 2.08 bits per heavy atom. The smallest absolute Gasteiger partial charge is 0.299 e. The molecule has 2 fully saturated rings. The molecule has 1 aliphatic carbocycles. The molecule has 1 saturated heterocycles. The number of hydrogen-bond acceptors (Lipinski definition) is 3. The average Bonchev–Trinajstić information content (AvgIpc) is 2.53. The van der Waals surface area contributed by atoms with Gasteiger partial charge in [-0.1, -0.05) is 25.1 Å². The number of alkyl halides is 3. The molecule has 0 aromatic heterocycles. The maximum Gasteiger partial charge on any atom is 0.416 e. The van der Waals surface area contributed by atoms with E-state index in [-0.39, 0.29) is 23.7 Å². The van der Waals surface area contributed by atoms with Crippen LogP contribution in [0, 0.1) is 11.8 Å². The molecule has 1 aromatic rings. The van der Waals surface area contributed by atoms with Crippen LogP contribution in [-0.4, -0.2) is 17.5 Å². The Balaban J connectivity index is 1.80. The van der Waals surface area contributed by atoms with E-state index in [1.807, 2.05) is 6.92 Å². The topological polar surface area (TPSA) is 35.5 Å². The van der Waals surface area contributed by atoms with Crippen LogP contribution in [0.4, 0.5) is 13.2 Å². The first-order chi connectivity index (χ1) is 11.2. The number of benzene rings is 1. The minimum Gasteiger partial charge on any atom is -0.299 e. The van der Waals surface area contributed by atoms with Gasteiger partial charge in [-0.05, 0) is 37.1 Å². The molecule has 4 atom stereocenters. The molecule has 1 heterocycles. The maximum atomic E-state index is 12.8. The first-order valence-electron chi connectivity index (χ1n) is 7.93. The van der Waals surface area contributed by atoms with Crippen LogP contribution >= 0.6 is 0 Å². The standard InChI is InChI=1S/C18H19F3O3/c1-11-15(22)9-14-10-16(11)23-24-17(14,2)7-6-12-4-3-5-13(8-12)18(19,20)21/h3-8,11,14,16H,9-10H2,1-2H3. The summed E-state index contributed by atoms with van der Waals surface area (Å²) in [4.78, 5) is 22.9. The summed E-state index contributed by atoms with van der Waals surface area (Å²) in [5.41, 5.74) is -1.11. The normalized spacial score (nSPS) is 33.9. The van der Waals surface area contributed by atoms with Gasteiger partial charge in [-0.3, -0.25) is 4.79 Å². The van der Waals surface area contributed by atoms with Gasteiger partial charge in [0.2, 0.25) is 0 Å². The summed E-state index contributed by atoms with van der Waals surface area (Å²) in [5, 5.41) is 0. The number of rotatable bonds is 2. The predicted molar refractivity (Wildman–Crippen MR) is 81.7 cm³/mol. The van der Waals surface area contributed by atoms with Crippen molar-refractivity contribution in [2.45, 2.75) is 44.6 Å². The zero-order valence-electron chi connectivity index (χ0n) is 13.5. The molecular formula is C18H19F3O3. The van der Waals surface area contributed by atoms with Crippen LogP contribution in [0.3, 0.4) is 0 Å². The SMILES string of the molecule is CC1C(=O)CC2CC1OOC2(C)C=Cc1cccc(C(F)(F)F)c1. The summed E-state index contributed by atoms with van der Waals surface area (Å²) in [7, 11) is 0. The molecule has 0 amide bonds. The van der Waals surface area contributed by atoms with E-state index in [4.69, 9.17) is 9.78 Å². The highest BCUT2D eigenvalue weighted by Crippen LogP contribution is 2.43. The highest BCUT2D eigenvalue weighted by atomic mass is 19.4. The summed E-state index contributed by atoms with van der Waals surface area (Å²) < 4.78 is 38.3. The van der Waals surface area contributed by atoms with Gasteiger partial charge in [0.15, 0.2) is 0 Å². The van der Waals surface area contributed by atoms with E-state index in [9.17, 15) is 18.0 Å². The van der Waals surface area contributed by atoms with Crippen LogP contribution in [0.1, 0.15) is 37.8 Å². The Morgan fingerprint density at radius 3 is 2.79 bits per heavy atom. The van der Waals surface area contributed by atoms with Crippen molar-refractivity contribution in [1.29, 1.82) is 0 Å². The van der Waals surface area contributed by atoms with Crippen LogP contribution in [0.2, 0.25) is 0 Å². The highest BCUT2D eigenvalue weighted by Gasteiger charge is 2.48. The summed E-state index contributed by atoms with van der Waals surface area (Å²) in [6, 6.07) is 5.08. The number of halogens is 3. The van der Waals surface area contributed by atoms with E-state index in [0.29, 0.717) is 18.4 Å². The second kappa shape index (κ2) is 6.01. The molecule has 24 heavy (non-hydrogen) atoms. The number of fused-ring (bicyclic) bond motifs is 2. The Morgan fingerprint density at radius 1 is 1.33 bits per heavy atom. The van der Waals surface area contributed by atoms with E-state index < -0.39 is 17.3 Å². The van der Waals surface area contributed by atoms with E-state index in [2.05, 4.69) is 0 Å². The molecule has 0 spiro atoms. The van der Waals surface area contributed by atoms with Crippen molar-refractivity contribution >= 4 is 11.9 Å². The lowest BCUT2D eigenvalue weighted by Crippen LogP contribution is -2.51. The molecule has 0 radical (unpaired) electrons. The molecule has 4 unspecified atom stereocenters. The van der Waals surface area contributed by atoms with Crippen molar-refractivity contribution in [2.75, 3.05) is 0 Å². The predicted octanol–water partition coefficient (Wildman–Crippen LogP) is 4.42. The number of carbonyl (C=O) groups is 1. The Hall–Kier alpha value is -1.66. The average molecular weight is 340 g/mol. The molecule has 3 nitrogen and oxygen atoms in total. The molecular weight excluding hydrogens is 321 g/mol. The molecule has 2 aliphatic rings. The van der Waals surface area contributed by atoms with E-state index in [1.165, 1.54) is 6.07 Å². The molecule has 130 valence electrons. The first kappa shape index (κ1) is 17.2. The third-order valence-corrected chi connectivity index (χ3v) is 5.01. The Bertz CT molecular complexity index is 668. The lowest BCUT2D eigenvalue weighted by molar-refractivity contribution is -0.415. The Labute approximate surface area is 138 Å². The summed E-state index contributed by atoms with van der Waals surface area (Å²) in [5.74, 6) is -0.0847. The zero-order valence-corrected chi connectivity index (χ0v) is 13.5. The molecule has 1 saturated carbocycles. The van der Waals surface area contributed by atoms with Crippen molar-refractivity contribution in [2.24, 2.45) is 11.8 Å². The first-order valence-corrected chi connectivity index (χ1v) is 7.93. The van der Waals surface area contributed by atoms with Crippen LogP contribution in [0.25, 0.3) is 6.08 Å². The van der Waals surface area contributed by atoms with Gasteiger partial charge in [0.1, 0.15) is 17.5 Å². The minimum absolute atomic E-state index is 0.0398.